The highest BCUT2D eigenvalue weighted by Gasteiger charge is 2.29. The molecule has 0 aromatic carbocycles. The summed E-state index contributed by atoms with van der Waals surface area (Å²) in [5.41, 5.74) is 0. The van der Waals surface area contributed by atoms with Gasteiger partial charge in [-0.15, -0.1) is 0 Å². The van der Waals surface area contributed by atoms with E-state index in [9.17, 15) is 9.59 Å². The third-order valence-corrected chi connectivity index (χ3v) is 3.90. The molecular weight excluding hydrogens is 252 g/mol. The molecule has 1 aliphatic carbocycles. The van der Waals surface area contributed by atoms with Crippen molar-refractivity contribution in [1.82, 2.24) is 14.7 Å². The van der Waals surface area contributed by atoms with E-state index in [1.54, 1.807) is 0 Å². The first-order chi connectivity index (χ1) is 8.72. The lowest BCUT2D eigenvalue weighted by Crippen LogP contribution is -2.40. The molecule has 1 atom stereocenters. The van der Waals surface area contributed by atoms with Gasteiger partial charge in [-0.2, -0.15) is 4.37 Å². The molecule has 1 saturated carbocycles. The van der Waals surface area contributed by atoms with Crippen molar-refractivity contribution in [2.75, 3.05) is 11.9 Å². The summed E-state index contributed by atoms with van der Waals surface area (Å²) in [7, 11) is 0. The highest BCUT2D eigenvalue weighted by atomic mass is 32.1. The summed E-state index contributed by atoms with van der Waals surface area (Å²) < 4.78 is 4.23. The van der Waals surface area contributed by atoms with Crippen LogP contribution in [0.1, 0.15) is 37.4 Å². The Labute approximate surface area is 108 Å². The van der Waals surface area contributed by atoms with Gasteiger partial charge in [-0.05, 0) is 19.3 Å². The van der Waals surface area contributed by atoms with Crippen LogP contribution in [0.25, 0.3) is 0 Å². The van der Waals surface area contributed by atoms with Crippen LogP contribution in [-0.4, -0.2) is 27.7 Å². The van der Waals surface area contributed by atoms with Gasteiger partial charge >= 0.3 is 0 Å². The number of aromatic nitrogens is 2. The van der Waals surface area contributed by atoms with Gasteiger partial charge in [0.25, 0.3) is 0 Å². The van der Waals surface area contributed by atoms with Crippen molar-refractivity contribution >= 4 is 28.5 Å². The zero-order valence-electron chi connectivity index (χ0n) is 9.81. The lowest BCUT2D eigenvalue weighted by molar-refractivity contribution is -0.126. The van der Waals surface area contributed by atoms with Crippen molar-refractivity contribution < 1.29 is 9.59 Å². The summed E-state index contributed by atoms with van der Waals surface area (Å²) >= 11 is 1.23. The van der Waals surface area contributed by atoms with Gasteiger partial charge in [-0.1, -0.05) is 0 Å². The van der Waals surface area contributed by atoms with Gasteiger partial charge in [0, 0.05) is 30.4 Å². The van der Waals surface area contributed by atoms with Gasteiger partial charge in [0.1, 0.15) is 5.82 Å². The second-order valence-electron chi connectivity index (χ2n) is 4.76. The Balaban J connectivity index is 1.57. The fourth-order valence-electron chi connectivity index (χ4n) is 1.96. The second-order valence-corrected chi connectivity index (χ2v) is 5.51. The van der Waals surface area contributed by atoms with E-state index >= 15 is 0 Å². The van der Waals surface area contributed by atoms with E-state index in [0.29, 0.717) is 30.4 Å². The standard InChI is InChI=1S/C11H14N4O2S/c16-8-4-3-7(5-12-8)10(17)14-11-13-9(15-18-11)6-1-2-6/h6-7H,1-5H2,(H,12,16)(H,13,14,15,17). The Morgan fingerprint density at radius 2 is 2.22 bits per heavy atom. The topological polar surface area (TPSA) is 84.0 Å². The molecule has 0 radical (unpaired) electrons. The van der Waals surface area contributed by atoms with Crippen molar-refractivity contribution in [3.05, 3.63) is 5.82 Å². The molecule has 1 aromatic heterocycles. The molecule has 3 rings (SSSR count). The Morgan fingerprint density at radius 3 is 2.89 bits per heavy atom. The molecule has 6 nitrogen and oxygen atoms in total. The highest BCUT2D eigenvalue weighted by molar-refractivity contribution is 7.09. The molecular formula is C11H14N4O2S. The van der Waals surface area contributed by atoms with Gasteiger partial charge in [-0.3, -0.25) is 9.59 Å². The second kappa shape index (κ2) is 4.64. The molecule has 0 spiro atoms. The predicted octanol–water partition coefficient (Wildman–Crippen LogP) is 0.880. The van der Waals surface area contributed by atoms with Crippen LogP contribution in [0.4, 0.5) is 5.13 Å². The minimum absolute atomic E-state index is 0.0194. The number of carbonyl (C=O) groups is 2. The maximum Gasteiger partial charge on any atom is 0.231 e. The molecule has 2 N–H and O–H groups in total. The van der Waals surface area contributed by atoms with E-state index in [-0.39, 0.29) is 17.7 Å². The fourth-order valence-corrected chi connectivity index (χ4v) is 2.61. The minimum atomic E-state index is -0.157. The predicted molar refractivity (Wildman–Crippen MR) is 66.2 cm³/mol. The molecule has 1 unspecified atom stereocenters. The van der Waals surface area contributed by atoms with Gasteiger partial charge in [0.05, 0.1) is 5.92 Å². The summed E-state index contributed by atoms with van der Waals surface area (Å²) in [6, 6.07) is 0. The molecule has 1 aromatic rings. The highest BCUT2D eigenvalue weighted by Crippen LogP contribution is 2.39. The van der Waals surface area contributed by atoms with Crippen LogP contribution in [-0.2, 0) is 9.59 Å². The molecule has 2 aliphatic rings. The van der Waals surface area contributed by atoms with Crippen LogP contribution in [0.15, 0.2) is 0 Å². The maximum absolute atomic E-state index is 11.9. The summed E-state index contributed by atoms with van der Waals surface area (Å²) in [5.74, 6) is 1.14. The first-order valence-electron chi connectivity index (χ1n) is 6.13. The van der Waals surface area contributed by atoms with Crippen molar-refractivity contribution in [3.63, 3.8) is 0 Å². The van der Waals surface area contributed by atoms with Crippen molar-refractivity contribution in [2.24, 2.45) is 5.92 Å². The van der Waals surface area contributed by atoms with Crippen LogP contribution in [0.3, 0.4) is 0 Å². The van der Waals surface area contributed by atoms with E-state index < -0.39 is 0 Å². The number of amides is 2. The molecule has 0 bridgehead atoms. The lowest BCUT2D eigenvalue weighted by Gasteiger charge is -2.20. The van der Waals surface area contributed by atoms with Crippen LogP contribution in [0, 0.1) is 5.92 Å². The monoisotopic (exact) mass is 266 g/mol. The summed E-state index contributed by atoms with van der Waals surface area (Å²) in [4.78, 5) is 27.3. The molecule has 96 valence electrons. The molecule has 1 saturated heterocycles. The van der Waals surface area contributed by atoms with Gasteiger partial charge in [0.15, 0.2) is 0 Å². The number of rotatable bonds is 3. The number of hydrogen-bond acceptors (Lipinski definition) is 5. The minimum Gasteiger partial charge on any atom is -0.355 e. The first kappa shape index (κ1) is 11.6. The number of hydrogen-bond donors (Lipinski definition) is 2. The van der Waals surface area contributed by atoms with Gasteiger partial charge in [0.2, 0.25) is 16.9 Å². The van der Waals surface area contributed by atoms with E-state index in [4.69, 9.17) is 0 Å². The summed E-state index contributed by atoms with van der Waals surface area (Å²) in [5, 5.41) is 6.05. The van der Waals surface area contributed by atoms with E-state index in [2.05, 4.69) is 20.0 Å². The van der Waals surface area contributed by atoms with Crippen molar-refractivity contribution in [2.45, 2.75) is 31.6 Å². The zero-order valence-corrected chi connectivity index (χ0v) is 10.6. The largest absolute Gasteiger partial charge is 0.355 e. The lowest BCUT2D eigenvalue weighted by atomic mass is 9.98. The van der Waals surface area contributed by atoms with Crippen LogP contribution in [0.2, 0.25) is 0 Å². The molecule has 2 amide bonds. The Hall–Kier alpha value is -1.50. The Kier molecular flexibility index (Phi) is 2.99. The average Bonchev–Trinajstić information content (AvgIpc) is 3.11. The molecule has 1 aliphatic heterocycles. The fraction of sp³-hybridized carbons (Fsp3) is 0.636. The summed E-state index contributed by atoms with van der Waals surface area (Å²) in [6.07, 6.45) is 3.32. The van der Waals surface area contributed by atoms with Gasteiger partial charge in [-0.25, -0.2) is 4.98 Å². The number of nitrogens with zero attached hydrogens (tertiary/aromatic N) is 2. The average molecular weight is 266 g/mol. The van der Waals surface area contributed by atoms with E-state index in [1.807, 2.05) is 0 Å². The molecule has 2 heterocycles. The van der Waals surface area contributed by atoms with Crippen LogP contribution in [0.5, 0.6) is 0 Å². The number of piperidine rings is 1. The quantitative estimate of drug-likeness (QED) is 0.850. The third kappa shape index (κ3) is 2.50. The number of anilines is 1. The van der Waals surface area contributed by atoms with Crippen LogP contribution < -0.4 is 10.6 Å². The van der Waals surface area contributed by atoms with Crippen LogP contribution >= 0.6 is 11.5 Å². The zero-order chi connectivity index (χ0) is 12.5. The molecule has 2 fully saturated rings. The first-order valence-corrected chi connectivity index (χ1v) is 6.91. The van der Waals surface area contributed by atoms with Crippen molar-refractivity contribution in [1.29, 1.82) is 0 Å². The summed E-state index contributed by atoms with van der Waals surface area (Å²) in [6.45, 7) is 0.416. The number of nitrogens with one attached hydrogen (secondary N) is 2. The Morgan fingerprint density at radius 1 is 1.39 bits per heavy atom. The van der Waals surface area contributed by atoms with E-state index in [1.165, 1.54) is 11.5 Å². The molecule has 18 heavy (non-hydrogen) atoms. The third-order valence-electron chi connectivity index (χ3n) is 3.25. The molecule has 7 heteroatoms. The maximum atomic E-state index is 11.9. The van der Waals surface area contributed by atoms with E-state index in [0.717, 1.165) is 18.7 Å². The van der Waals surface area contributed by atoms with Gasteiger partial charge < -0.3 is 10.6 Å². The SMILES string of the molecule is O=C1CCC(C(=O)Nc2nc(C3CC3)ns2)CN1. The normalized spacial score (nSPS) is 23.6. The smallest absolute Gasteiger partial charge is 0.231 e. The van der Waals surface area contributed by atoms with Crippen molar-refractivity contribution in [3.8, 4) is 0 Å². The Bertz CT molecular complexity index is 473. The number of carbonyl (C=O) groups excluding carboxylic acids is 2.